The van der Waals surface area contributed by atoms with Gasteiger partial charge in [0.15, 0.2) is 11.5 Å². The largest absolute Gasteiger partial charge is 0.384 e. The van der Waals surface area contributed by atoms with Crippen LogP contribution in [-0.2, 0) is 31.5 Å². The summed E-state index contributed by atoms with van der Waals surface area (Å²) in [5.74, 6) is 1.60. The molecule has 0 bridgehead atoms. The number of aliphatic hydroxyl groups is 1. The number of aromatic nitrogens is 5. The van der Waals surface area contributed by atoms with Gasteiger partial charge in [0.05, 0.1) is 12.2 Å². The Labute approximate surface area is 233 Å². The van der Waals surface area contributed by atoms with Gasteiger partial charge in [-0.15, -0.1) is 6.58 Å². The summed E-state index contributed by atoms with van der Waals surface area (Å²) in [5.41, 5.74) is 6.27. The first-order valence-electron chi connectivity index (χ1n) is 14.3. The SMILES string of the molecule is C=CCn1c(=O)c2cnc(Nc3cc4c(c(C5CC5)c3)CCN(CC)C4)nc2n1-c1ccc2c(n1)C(C)(O)CC2. The Morgan fingerprint density at radius 2 is 2.05 bits per heavy atom. The molecule has 40 heavy (non-hydrogen) atoms. The van der Waals surface area contributed by atoms with Gasteiger partial charge in [-0.2, -0.15) is 4.98 Å². The topological polar surface area (TPSA) is 101 Å². The van der Waals surface area contributed by atoms with Crippen LogP contribution in [0.3, 0.4) is 0 Å². The molecule has 2 N–H and O–H groups in total. The number of hydrogen-bond acceptors (Lipinski definition) is 7. The van der Waals surface area contributed by atoms with E-state index in [0.717, 1.165) is 43.7 Å². The zero-order valence-corrected chi connectivity index (χ0v) is 23.2. The molecule has 2 aliphatic carbocycles. The quantitative estimate of drug-likeness (QED) is 0.339. The number of nitrogens with zero attached hydrogens (tertiary/aromatic N) is 6. The zero-order chi connectivity index (χ0) is 27.6. The van der Waals surface area contributed by atoms with Crippen LogP contribution in [0.1, 0.15) is 67.0 Å². The summed E-state index contributed by atoms with van der Waals surface area (Å²) in [6, 6.07) is 8.38. The van der Waals surface area contributed by atoms with Crippen molar-refractivity contribution in [3.05, 3.63) is 81.4 Å². The number of benzene rings is 1. The van der Waals surface area contributed by atoms with Crippen molar-refractivity contribution in [1.29, 1.82) is 0 Å². The Hall–Kier alpha value is -3.82. The first-order chi connectivity index (χ1) is 19.4. The molecule has 0 amide bonds. The van der Waals surface area contributed by atoms with E-state index in [1.165, 1.54) is 29.5 Å². The molecule has 7 rings (SSSR count). The van der Waals surface area contributed by atoms with Gasteiger partial charge < -0.3 is 10.4 Å². The van der Waals surface area contributed by atoms with E-state index < -0.39 is 5.60 Å². The second kappa shape index (κ2) is 9.38. The minimum absolute atomic E-state index is 0.208. The zero-order valence-electron chi connectivity index (χ0n) is 23.2. The summed E-state index contributed by atoms with van der Waals surface area (Å²) in [4.78, 5) is 30.1. The summed E-state index contributed by atoms with van der Waals surface area (Å²) < 4.78 is 3.29. The Balaban J connectivity index is 1.32. The number of anilines is 2. The summed E-state index contributed by atoms with van der Waals surface area (Å²) in [7, 11) is 0. The fourth-order valence-corrected chi connectivity index (χ4v) is 6.39. The maximum atomic E-state index is 13.4. The second-order valence-electron chi connectivity index (χ2n) is 11.6. The van der Waals surface area contributed by atoms with Gasteiger partial charge >= 0.3 is 0 Å². The van der Waals surface area contributed by atoms with E-state index >= 15 is 0 Å². The molecule has 206 valence electrons. The maximum absolute atomic E-state index is 13.4. The number of fused-ring (bicyclic) bond motifs is 3. The van der Waals surface area contributed by atoms with Gasteiger partial charge in [0.1, 0.15) is 11.0 Å². The fraction of sp³-hybridized carbons (Fsp3) is 0.419. The molecule has 3 aliphatic rings. The lowest BCUT2D eigenvalue weighted by atomic mass is 9.91. The van der Waals surface area contributed by atoms with E-state index in [2.05, 4.69) is 40.8 Å². The van der Waals surface area contributed by atoms with Crippen molar-refractivity contribution in [1.82, 2.24) is 29.2 Å². The van der Waals surface area contributed by atoms with Crippen LogP contribution >= 0.6 is 0 Å². The second-order valence-corrected chi connectivity index (χ2v) is 11.6. The monoisotopic (exact) mass is 537 g/mol. The summed E-state index contributed by atoms with van der Waals surface area (Å²) >= 11 is 0. The molecular weight excluding hydrogens is 502 g/mol. The lowest BCUT2D eigenvalue weighted by Crippen LogP contribution is -2.30. The smallest absolute Gasteiger partial charge is 0.278 e. The van der Waals surface area contributed by atoms with Gasteiger partial charge in [0.25, 0.3) is 5.56 Å². The van der Waals surface area contributed by atoms with Crippen molar-refractivity contribution in [3.8, 4) is 5.82 Å². The van der Waals surface area contributed by atoms with Crippen LogP contribution in [0.2, 0.25) is 0 Å². The molecule has 0 spiro atoms. The molecule has 1 fully saturated rings. The highest BCUT2D eigenvalue weighted by molar-refractivity contribution is 5.77. The lowest BCUT2D eigenvalue weighted by molar-refractivity contribution is 0.0553. The Morgan fingerprint density at radius 3 is 2.83 bits per heavy atom. The van der Waals surface area contributed by atoms with Gasteiger partial charge in [-0.1, -0.05) is 19.1 Å². The van der Waals surface area contributed by atoms with Crippen molar-refractivity contribution >= 4 is 22.7 Å². The minimum Gasteiger partial charge on any atom is -0.384 e. The van der Waals surface area contributed by atoms with Crippen molar-refractivity contribution in [3.63, 3.8) is 0 Å². The van der Waals surface area contributed by atoms with E-state index in [4.69, 9.17) is 9.97 Å². The van der Waals surface area contributed by atoms with Crippen LogP contribution in [-0.4, -0.2) is 47.4 Å². The molecule has 1 saturated carbocycles. The fourth-order valence-electron chi connectivity index (χ4n) is 6.39. The molecule has 0 radical (unpaired) electrons. The average molecular weight is 538 g/mol. The molecule has 3 aromatic heterocycles. The van der Waals surface area contributed by atoms with E-state index in [1.807, 2.05) is 12.1 Å². The lowest BCUT2D eigenvalue weighted by Gasteiger charge is -2.30. The third-order valence-corrected chi connectivity index (χ3v) is 8.72. The Morgan fingerprint density at radius 1 is 1.20 bits per heavy atom. The molecule has 1 unspecified atom stereocenters. The van der Waals surface area contributed by atoms with E-state index in [1.54, 1.807) is 28.6 Å². The number of hydrogen-bond donors (Lipinski definition) is 2. The molecule has 1 atom stereocenters. The first-order valence-corrected chi connectivity index (χ1v) is 14.3. The molecular formula is C31H35N7O2. The van der Waals surface area contributed by atoms with Gasteiger partial charge in [-0.05, 0) is 91.9 Å². The molecule has 1 aliphatic heterocycles. The third kappa shape index (κ3) is 4.15. The molecule has 9 nitrogen and oxygen atoms in total. The Bertz CT molecular complexity index is 1710. The highest BCUT2D eigenvalue weighted by atomic mass is 16.3. The summed E-state index contributed by atoms with van der Waals surface area (Å²) in [6.45, 7) is 11.3. The van der Waals surface area contributed by atoms with Crippen molar-refractivity contribution in [2.75, 3.05) is 18.4 Å². The average Bonchev–Trinajstić information content (AvgIpc) is 3.71. The number of rotatable bonds is 7. The number of pyridine rings is 1. The van der Waals surface area contributed by atoms with Crippen LogP contribution in [0.25, 0.3) is 16.9 Å². The number of allylic oxidation sites excluding steroid dienone is 1. The molecule has 0 saturated heterocycles. The van der Waals surface area contributed by atoms with Crippen LogP contribution in [0.5, 0.6) is 0 Å². The summed E-state index contributed by atoms with van der Waals surface area (Å²) in [6.07, 6.45) is 8.27. The Kier molecular flexibility index (Phi) is 5.90. The van der Waals surface area contributed by atoms with Crippen LogP contribution in [0.15, 0.2) is 47.9 Å². The van der Waals surface area contributed by atoms with Gasteiger partial charge in [-0.3, -0.25) is 9.69 Å². The molecule has 9 heteroatoms. The van der Waals surface area contributed by atoms with E-state index in [9.17, 15) is 9.90 Å². The molecule has 4 heterocycles. The van der Waals surface area contributed by atoms with Gasteiger partial charge in [0.2, 0.25) is 5.95 Å². The van der Waals surface area contributed by atoms with Crippen LogP contribution < -0.4 is 10.9 Å². The number of nitrogens with one attached hydrogen (secondary N) is 1. The van der Waals surface area contributed by atoms with Crippen LogP contribution in [0.4, 0.5) is 11.6 Å². The predicted molar refractivity (Wildman–Crippen MR) is 155 cm³/mol. The van der Waals surface area contributed by atoms with Crippen molar-refractivity contribution < 1.29 is 5.11 Å². The summed E-state index contributed by atoms with van der Waals surface area (Å²) in [5, 5.41) is 14.8. The molecule has 4 aromatic rings. The highest BCUT2D eigenvalue weighted by Crippen LogP contribution is 2.45. The maximum Gasteiger partial charge on any atom is 0.278 e. The highest BCUT2D eigenvalue weighted by Gasteiger charge is 2.34. The standard InChI is InChI=1S/C31H35N7O2/c1-4-13-37-29(39)25-17-32-30(35-28(25)38(37)26-9-8-20-10-12-31(3,40)27(20)34-26)33-22-15-21-18-36(5-2)14-11-23(21)24(16-22)19-6-7-19/h4,8-9,15-17,19,40H,1,5-7,10-14,18H2,2-3H3,(H,32,33,35). The van der Waals surface area contributed by atoms with Crippen LogP contribution in [0, 0.1) is 0 Å². The van der Waals surface area contributed by atoms with Crippen molar-refractivity contribution in [2.45, 2.75) is 70.6 Å². The molecule has 1 aromatic carbocycles. The first kappa shape index (κ1) is 25.2. The van der Waals surface area contributed by atoms with Crippen molar-refractivity contribution in [2.24, 2.45) is 0 Å². The van der Waals surface area contributed by atoms with Gasteiger partial charge in [-0.25, -0.2) is 19.3 Å². The number of likely N-dealkylation sites (N-methyl/N-ethyl adjacent to an activating group) is 1. The van der Waals surface area contributed by atoms with E-state index in [-0.39, 0.29) is 12.1 Å². The normalized spacial score (nSPS) is 20.5. The van der Waals surface area contributed by atoms with Gasteiger partial charge in [0, 0.05) is 25.0 Å². The van der Waals surface area contributed by atoms with E-state index in [0.29, 0.717) is 40.8 Å². The predicted octanol–water partition coefficient (Wildman–Crippen LogP) is 4.32. The number of aryl methyl sites for hydroxylation is 1. The minimum atomic E-state index is -1.00. The third-order valence-electron chi connectivity index (χ3n) is 8.72.